The first-order chi connectivity index (χ1) is 12.7. The van der Waals surface area contributed by atoms with Gasteiger partial charge in [0.25, 0.3) is 5.91 Å². The first-order valence-electron chi connectivity index (χ1n) is 9.49. The summed E-state index contributed by atoms with van der Waals surface area (Å²) in [5.74, 6) is 1.48. The van der Waals surface area contributed by atoms with E-state index in [4.69, 9.17) is 9.47 Å². The number of carbonyl (C=O) groups excluding carboxylic acids is 1. The lowest BCUT2D eigenvalue weighted by molar-refractivity contribution is -0.128. The minimum Gasteiger partial charge on any atom is -0.487 e. The maximum atomic E-state index is 12.8. The van der Waals surface area contributed by atoms with Crippen LogP contribution in [0.2, 0.25) is 0 Å². The molecular formula is C23H29NO3. The molecule has 1 heterocycles. The summed E-state index contributed by atoms with van der Waals surface area (Å²) in [6.07, 6.45) is 0.133. The van der Waals surface area contributed by atoms with E-state index in [0.29, 0.717) is 6.42 Å². The van der Waals surface area contributed by atoms with Crippen LogP contribution in [-0.4, -0.2) is 17.6 Å². The molecule has 1 aliphatic heterocycles. The standard InChI is InChI=1S/C23H29NO3/c1-14-11-15(2)16(3)21(12-14)26-17(4)22(25)24-19-13-23(5,6)27-20-10-8-7-9-18(19)20/h7-12,17,19H,13H2,1-6H3,(H,24,25)/t17-,19-/m0/s1. The number of rotatable bonds is 4. The molecule has 0 aliphatic carbocycles. The molecular weight excluding hydrogens is 338 g/mol. The third-order valence-electron chi connectivity index (χ3n) is 5.13. The second-order valence-electron chi connectivity index (χ2n) is 8.13. The van der Waals surface area contributed by atoms with Gasteiger partial charge in [0.05, 0.1) is 6.04 Å². The number of fused-ring (bicyclic) bond motifs is 1. The van der Waals surface area contributed by atoms with E-state index < -0.39 is 6.10 Å². The van der Waals surface area contributed by atoms with E-state index in [-0.39, 0.29) is 17.6 Å². The van der Waals surface area contributed by atoms with Crippen molar-refractivity contribution in [2.45, 2.75) is 65.7 Å². The van der Waals surface area contributed by atoms with Crippen molar-refractivity contribution in [2.24, 2.45) is 0 Å². The molecule has 1 N–H and O–H groups in total. The highest BCUT2D eigenvalue weighted by Gasteiger charge is 2.35. The van der Waals surface area contributed by atoms with Crippen molar-refractivity contribution in [1.29, 1.82) is 0 Å². The molecule has 2 aromatic rings. The molecule has 144 valence electrons. The molecule has 0 saturated heterocycles. The van der Waals surface area contributed by atoms with Crippen molar-refractivity contribution in [3.05, 3.63) is 58.7 Å². The molecule has 0 fully saturated rings. The molecule has 2 aromatic carbocycles. The third-order valence-corrected chi connectivity index (χ3v) is 5.13. The molecule has 0 bridgehead atoms. The SMILES string of the molecule is Cc1cc(C)c(C)c(O[C@@H](C)C(=O)N[C@H]2CC(C)(C)Oc3ccccc32)c1. The summed E-state index contributed by atoms with van der Waals surface area (Å²) >= 11 is 0. The van der Waals surface area contributed by atoms with Gasteiger partial charge in [0, 0.05) is 12.0 Å². The van der Waals surface area contributed by atoms with E-state index >= 15 is 0 Å². The van der Waals surface area contributed by atoms with E-state index in [0.717, 1.165) is 33.8 Å². The molecule has 4 nitrogen and oxygen atoms in total. The fraction of sp³-hybridized carbons (Fsp3) is 0.435. The number of aryl methyl sites for hydroxylation is 2. The largest absolute Gasteiger partial charge is 0.487 e. The summed E-state index contributed by atoms with van der Waals surface area (Å²) in [5, 5.41) is 3.16. The van der Waals surface area contributed by atoms with Gasteiger partial charge in [-0.05, 0) is 70.4 Å². The second kappa shape index (κ2) is 7.26. The summed E-state index contributed by atoms with van der Waals surface area (Å²) in [5.41, 5.74) is 4.04. The molecule has 0 radical (unpaired) electrons. The zero-order chi connectivity index (χ0) is 19.8. The van der Waals surface area contributed by atoms with Gasteiger partial charge in [0.2, 0.25) is 0 Å². The Bertz CT molecular complexity index is 857. The van der Waals surface area contributed by atoms with Gasteiger partial charge >= 0.3 is 0 Å². The normalized spacial score (nSPS) is 18.8. The monoisotopic (exact) mass is 367 g/mol. The number of hydrogen-bond acceptors (Lipinski definition) is 3. The minimum atomic E-state index is -0.581. The van der Waals surface area contributed by atoms with Gasteiger partial charge in [-0.25, -0.2) is 0 Å². The van der Waals surface area contributed by atoms with Crippen molar-refractivity contribution in [3.8, 4) is 11.5 Å². The number of hydrogen-bond donors (Lipinski definition) is 1. The fourth-order valence-corrected chi connectivity index (χ4v) is 3.59. The van der Waals surface area contributed by atoms with Gasteiger partial charge in [0.15, 0.2) is 6.10 Å². The lowest BCUT2D eigenvalue weighted by Crippen LogP contribution is -2.44. The topological polar surface area (TPSA) is 47.6 Å². The predicted octanol–water partition coefficient (Wildman–Crippen LogP) is 4.80. The Morgan fingerprint density at radius 2 is 1.93 bits per heavy atom. The van der Waals surface area contributed by atoms with Gasteiger partial charge in [-0.2, -0.15) is 0 Å². The molecule has 3 rings (SSSR count). The van der Waals surface area contributed by atoms with Crippen molar-refractivity contribution >= 4 is 5.91 Å². The molecule has 2 atom stereocenters. The Morgan fingerprint density at radius 3 is 2.67 bits per heavy atom. The Labute approximate surface area is 161 Å². The molecule has 1 aliphatic rings. The van der Waals surface area contributed by atoms with E-state index in [9.17, 15) is 4.79 Å². The van der Waals surface area contributed by atoms with Gasteiger partial charge in [-0.3, -0.25) is 4.79 Å². The molecule has 0 aromatic heterocycles. The molecule has 4 heteroatoms. The maximum Gasteiger partial charge on any atom is 0.261 e. The van der Waals surface area contributed by atoms with Crippen LogP contribution in [0.15, 0.2) is 36.4 Å². The van der Waals surface area contributed by atoms with Crippen LogP contribution in [0, 0.1) is 20.8 Å². The molecule has 0 unspecified atom stereocenters. The van der Waals surface area contributed by atoms with E-state index in [1.165, 1.54) is 0 Å². The number of nitrogens with one attached hydrogen (secondary N) is 1. The molecule has 0 spiro atoms. The van der Waals surface area contributed by atoms with Crippen LogP contribution in [0.3, 0.4) is 0 Å². The van der Waals surface area contributed by atoms with Crippen molar-refractivity contribution < 1.29 is 14.3 Å². The van der Waals surface area contributed by atoms with Crippen LogP contribution in [-0.2, 0) is 4.79 Å². The maximum absolute atomic E-state index is 12.8. The quantitative estimate of drug-likeness (QED) is 0.844. The summed E-state index contributed by atoms with van der Waals surface area (Å²) in [7, 11) is 0. The first kappa shape index (κ1) is 19.3. The minimum absolute atomic E-state index is 0.0937. The Kier molecular flexibility index (Phi) is 5.18. The van der Waals surface area contributed by atoms with E-state index in [1.54, 1.807) is 6.92 Å². The van der Waals surface area contributed by atoms with Gasteiger partial charge in [-0.15, -0.1) is 0 Å². The van der Waals surface area contributed by atoms with Gasteiger partial charge in [0.1, 0.15) is 17.1 Å². The smallest absolute Gasteiger partial charge is 0.261 e. The first-order valence-corrected chi connectivity index (χ1v) is 9.49. The number of amides is 1. The average molecular weight is 367 g/mol. The predicted molar refractivity (Wildman–Crippen MR) is 107 cm³/mol. The van der Waals surface area contributed by atoms with Gasteiger partial charge < -0.3 is 14.8 Å². The Morgan fingerprint density at radius 1 is 1.22 bits per heavy atom. The number of ether oxygens (including phenoxy) is 2. The van der Waals surface area contributed by atoms with Crippen LogP contribution < -0.4 is 14.8 Å². The fourth-order valence-electron chi connectivity index (χ4n) is 3.59. The van der Waals surface area contributed by atoms with Crippen LogP contribution in [0.4, 0.5) is 0 Å². The highest BCUT2D eigenvalue weighted by atomic mass is 16.5. The van der Waals surface area contributed by atoms with Gasteiger partial charge in [-0.1, -0.05) is 24.3 Å². The summed E-state index contributed by atoms with van der Waals surface area (Å²) in [4.78, 5) is 12.8. The highest BCUT2D eigenvalue weighted by molar-refractivity contribution is 5.81. The highest BCUT2D eigenvalue weighted by Crippen LogP contribution is 2.39. The molecule has 1 amide bonds. The van der Waals surface area contributed by atoms with E-state index in [1.807, 2.05) is 58.0 Å². The zero-order valence-corrected chi connectivity index (χ0v) is 17.1. The number of carbonyl (C=O) groups is 1. The van der Waals surface area contributed by atoms with Crippen molar-refractivity contribution in [2.75, 3.05) is 0 Å². The summed E-state index contributed by atoms with van der Waals surface area (Å²) in [6.45, 7) is 12.0. The lowest BCUT2D eigenvalue weighted by atomic mass is 9.89. The lowest BCUT2D eigenvalue weighted by Gasteiger charge is -2.38. The zero-order valence-electron chi connectivity index (χ0n) is 17.1. The number of para-hydroxylation sites is 1. The Balaban J connectivity index is 1.75. The van der Waals surface area contributed by atoms with Crippen LogP contribution in [0.5, 0.6) is 11.5 Å². The third kappa shape index (κ3) is 4.26. The number of benzene rings is 2. The summed E-state index contributed by atoms with van der Waals surface area (Å²) in [6, 6.07) is 11.9. The Hall–Kier alpha value is -2.49. The molecule has 27 heavy (non-hydrogen) atoms. The summed E-state index contributed by atoms with van der Waals surface area (Å²) < 4.78 is 12.1. The molecule has 0 saturated carbocycles. The second-order valence-corrected chi connectivity index (χ2v) is 8.13. The van der Waals surface area contributed by atoms with Crippen LogP contribution >= 0.6 is 0 Å². The van der Waals surface area contributed by atoms with Crippen molar-refractivity contribution in [1.82, 2.24) is 5.32 Å². The van der Waals surface area contributed by atoms with Crippen LogP contribution in [0.1, 0.15) is 55.5 Å². The van der Waals surface area contributed by atoms with Crippen molar-refractivity contribution in [3.63, 3.8) is 0 Å². The average Bonchev–Trinajstić information content (AvgIpc) is 2.58. The van der Waals surface area contributed by atoms with E-state index in [2.05, 4.69) is 18.3 Å². The van der Waals surface area contributed by atoms with Crippen LogP contribution in [0.25, 0.3) is 0 Å².